The van der Waals surface area contributed by atoms with E-state index < -0.39 is 0 Å². The zero-order valence-corrected chi connectivity index (χ0v) is 10.4. The van der Waals surface area contributed by atoms with Crippen molar-refractivity contribution < 1.29 is 4.57 Å². The zero-order chi connectivity index (χ0) is 12.5. The largest absolute Gasteiger partial charge is 0.332 e. The molecule has 88 valence electrons. The molecule has 0 aliphatic heterocycles. The van der Waals surface area contributed by atoms with Crippen molar-refractivity contribution in [1.82, 2.24) is 0 Å². The molecule has 0 amide bonds. The Balaban J connectivity index is 2.30. The molecule has 1 aromatic heterocycles. The van der Waals surface area contributed by atoms with Crippen molar-refractivity contribution in [2.24, 2.45) is 0 Å². The Labute approximate surface area is 107 Å². The lowest BCUT2D eigenvalue weighted by Crippen LogP contribution is -2.28. The summed E-state index contributed by atoms with van der Waals surface area (Å²) in [6.45, 7) is 2.13. The maximum absolute atomic E-state index is 4.10. The van der Waals surface area contributed by atoms with Gasteiger partial charge in [-0.05, 0) is 34.9 Å². The van der Waals surface area contributed by atoms with E-state index in [-0.39, 0.29) is 0 Å². The van der Waals surface area contributed by atoms with Crippen LogP contribution in [0.1, 0.15) is 5.56 Å². The SMILES string of the molecule is [CH2-][n+]1cc2ccccc2cc1-c1ccccc1C. The van der Waals surface area contributed by atoms with Gasteiger partial charge in [0.2, 0.25) is 0 Å². The number of aromatic nitrogens is 1. The molecule has 0 saturated carbocycles. The van der Waals surface area contributed by atoms with Crippen LogP contribution >= 0.6 is 0 Å². The van der Waals surface area contributed by atoms with Gasteiger partial charge in [-0.15, -0.1) is 0 Å². The number of nitrogens with zero attached hydrogens (tertiary/aromatic N) is 1. The van der Waals surface area contributed by atoms with Crippen LogP contribution in [0.15, 0.2) is 60.8 Å². The molecule has 0 saturated heterocycles. The van der Waals surface area contributed by atoms with Crippen LogP contribution < -0.4 is 4.57 Å². The van der Waals surface area contributed by atoms with E-state index in [0.717, 1.165) is 5.69 Å². The van der Waals surface area contributed by atoms with Gasteiger partial charge in [0.1, 0.15) is 5.69 Å². The molecule has 3 rings (SSSR count). The van der Waals surface area contributed by atoms with Gasteiger partial charge in [-0.2, -0.15) is 0 Å². The van der Waals surface area contributed by atoms with E-state index in [1.54, 1.807) is 0 Å². The van der Waals surface area contributed by atoms with Crippen LogP contribution in [0.25, 0.3) is 22.0 Å². The molecule has 1 nitrogen and oxygen atoms in total. The molecule has 0 aliphatic rings. The van der Waals surface area contributed by atoms with Crippen molar-refractivity contribution in [3.8, 4) is 11.3 Å². The molecule has 0 unspecified atom stereocenters. The Hall–Kier alpha value is -2.28. The summed E-state index contributed by atoms with van der Waals surface area (Å²) in [5, 5.41) is 2.46. The second-order valence-electron chi connectivity index (χ2n) is 4.57. The molecular weight excluding hydrogens is 218 g/mol. The van der Waals surface area contributed by atoms with E-state index in [1.165, 1.54) is 21.9 Å². The molecule has 0 bridgehead atoms. The zero-order valence-electron chi connectivity index (χ0n) is 10.4. The first-order valence-corrected chi connectivity index (χ1v) is 6.07. The van der Waals surface area contributed by atoms with Crippen molar-refractivity contribution in [3.63, 3.8) is 0 Å². The Morgan fingerprint density at radius 2 is 1.56 bits per heavy atom. The number of aryl methyl sites for hydroxylation is 1. The number of hydrogen-bond donors (Lipinski definition) is 0. The fraction of sp³-hybridized carbons (Fsp3) is 0.0588. The molecule has 2 aromatic carbocycles. The minimum atomic E-state index is 1.15. The third-order valence-corrected chi connectivity index (χ3v) is 3.31. The van der Waals surface area contributed by atoms with Gasteiger partial charge in [-0.3, -0.25) is 0 Å². The van der Waals surface area contributed by atoms with Crippen LogP contribution in [-0.2, 0) is 0 Å². The van der Waals surface area contributed by atoms with Gasteiger partial charge in [-0.25, -0.2) is 0 Å². The summed E-state index contributed by atoms with van der Waals surface area (Å²) in [4.78, 5) is 0. The molecule has 0 N–H and O–H groups in total. The van der Waals surface area contributed by atoms with E-state index in [2.05, 4.69) is 74.8 Å². The fourth-order valence-electron chi connectivity index (χ4n) is 2.32. The summed E-state index contributed by atoms with van der Waals surface area (Å²) >= 11 is 0. The van der Waals surface area contributed by atoms with Crippen molar-refractivity contribution in [1.29, 1.82) is 0 Å². The highest BCUT2D eigenvalue weighted by molar-refractivity contribution is 5.84. The van der Waals surface area contributed by atoms with E-state index in [9.17, 15) is 0 Å². The first kappa shape index (κ1) is 10.8. The number of rotatable bonds is 1. The average Bonchev–Trinajstić information content (AvgIpc) is 2.39. The number of fused-ring (bicyclic) bond motifs is 1. The van der Waals surface area contributed by atoms with Gasteiger partial charge >= 0.3 is 0 Å². The normalized spacial score (nSPS) is 10.7. The molecule has 0 spiro atoms. The highest BCUT2D eigenvalue weighted by atomic mass is 14.9. The monoisotopic (exact) mass is 233 g/mol. The van der Waals surface area contributed by atoms with Crippen LogP contribution in [0.5, 0.6) is 0 Å². The quantitative estimate of drug-likeness (QED) is 0.445. The number of hydrogen-bond acceptors (Lipinski definition) is 0. The van der Waals surface area contributed by atoms with Crippen LogP contribution in [-0.4, -0.2) is 0 Å². The molecule has 0 aliphatic carbocycles. The predicted molar refractivity (Wildman–Crippen MR) is 75.1 cm³/mol. The van der Waals surface area contributed by atoms with Crippen LogP contribution in [0, 0.1) is 14.0 Å². The summed E-state index contributed by atoms with van der Waals surface area (Å²) < 4.78 is 1.95. The maximum Gasteiger partial charge on any atom is 0.112 e. The fourth-order valence-corrected chi connectivity index (χ4v) is 2.32. The minimum absolute atomic E-state index is 1.15. The molecule has 18 heavy (non-hydrogen) atoms. The Morgan fingerprint density at radius 3 is 2.33 bits per heavy atom. The van der Waals surface area contributed by atoms with Gasteiger partial charge in [0.05, 0.1) is 6.20 Å². The first-order chi connectivity index (χ1) is 8.75. The molecule has 1 heteroatoms. The molecule has 0 fully saturated rings. The van der Waals surface area contributed by atoms with E-state index in [4.69, 9.17) is 0 Å². The van der Waals surface area contributed by atoms with Gasteiger partial charge in [0.15, 0.2) is 0 Å². The van der Waals surface area contributed by atoms with Crippen molar-refractivity contribution in [2.75, 3.05) is 0 Å². The highest BCUT2D eigenvalue weighted by Crippen LogP contribution is 2.23. The third-order valence-electron chi connectivity index (χ3n) is 3.31. The predicted octanol–water partition coefficient (Wildman–Crippen LogP) is 3.74. The smallest absolute Gasteiger partial charge is 0.112 e. The average molecular weight is 233 g/mol. The second kappa shape index (κ2) is 4.19. The lowest BCUT2D eigenvalue weighted by atomic mass is 10.0. The van der Waals surface area contributed by atoms with E-state index >= 15 is 0 Å². The first-order valence-electron chi connectivity index (χ1n) is 6.07. The van der Waals surface area contributed by atoms with Crippen LogP contribution in [0.2, 0.25) is 0 Å². The van der Waals surface area contributed by atoms with E-state index in [1.807, 2.05) is 4.57 Å². The van der Waals surface area contributed by atoms with Gasteiger partial charge in [-0.1, -0.05) is 48.5 Å². The van der Waals surface area contributed by atoms with Crippen LogP contribution in [0.4, 0.5) is 0 Å². The summed E-state index contributed by atoms with van der Waals surface area (Å²) in [7, 11) is 4.10. The molecule has 0 atom stereocenters. The lowest BCUT2D eigenvalue weighted by Gasteiger charge is -2.11. The molecular formula is C17H15N. The maximum atomic E-state index is 4.10. The Bertz CT molecular complexity index is 714. The topological polar surface area (TPSA) is 3.88 Å². The Kier molecular flexibility index (Phi) is 2.52. The van der Waals surface area contributed by atoms with Crippen molar-refractivity contribution in [3.05, 3.63) is 73.4 Å². The molecule has 1 heterocycles. The standard InChI is InChI=1S/C17H15N/c1-13-7-3-6-10-16(13)17-11-14-8-4-5-9-15(14)12-18(17)2/h3-12H,2H2,1H3. The Morgan fingerprint density at radius 1 is 0.889 bits per heavy atom. The van der Waals surface area contributed by atoms with Crippen molar-refractivity contribution in [2.45, 2.75) is 6.92 Å². The summed E-state index contributed by atoms with van der Waals surface area (Å²) in [6, 6.07) is 19.0. The van der Waals surface area contributed by atoms with Gasteiger partial charge in [0.25, 0.3) is 0 Å². The number of benzene rings is 2. The summed E-state index contributed by atoms with van der Waals surface area (Å²) in [5.41, 5.74) is 3.65. The molecule has 0 radical (unpaired) electrons. The minimum Gasteiger partial charge on any atom is -0.332 e. The summed E-state index contributed by atoms with van der Waals surface area (Å²) in [5.74, 6) is 0. The van der Waals surface area contributed by atoms with Gasteiger partial charge in [0, 0.05) is 7.05 Å². The number of pyridine rings is 1. The van der Waals surface area contributed by atoms with Crippen LogP contribution in [0.3, 0.4) is 0 Å². The second-order valence-corrected chi connectivity index (χ2v) is 4.57. The third kappa shape index (κ3) is 1.74. The summed E-state index contributed by atoms with van der Waals surface area (Å²) in [6.07, 6.45) is 2.08. The highest BCUT2D eigenvalue weighted by Gasteiger charge is 2.06. The molecule has 3 aromatic rings. The van der Waals surface area contributed by atoms with E-state index in [0.29, 0.717) is 0 Å². The van der Waals surface area contributed by atoms with Gasteiger partial charge < -0.3 is 4.57 Å². The lowest BCUT2D eigenvalue weighted by molar-refractivity contribution is -0.599. The van der Waals surface area contributed by atoms with Crippen molar-refractivity contribution >= 4 is 10.8 Å².